The van der Waals surface area contributed by atoms with Crippen LogP contribution in [0.3, 0.4) is 0 Å². The van der Waals surface area contributed by atoms with Crippen LogP contribution in [-0.4, -0.2) is 21.4 Å². The largest absolute Gasteiger partial charge is 0.366 e. The number of rotatable bonds is 4. The molecule has 0 spiro atoms. The molecule has 6 heteroatoms. The average Bonchev–Trinajstić information content (AvgIpc) is 3.31. The van der Waals surface area contributed by atoms with Crippen LogP contribution in [0.5, 0.6) is 0 Å². The number of benzene rings is 2. The molecule has 156 valence electrons. The normalized spacial score (nSPS) is 20.4. The third-order valence-electron chi connectivity index (χ3n) is 6.63. The Bertz CT molecular complexity index is 1220. The Morgan fingerprint density at radius 1 is 0.968 bits per heavy atom. The van der Waals surface area contributed by atoms with Crippen LogP contribution in [0.1, 0.15) is 32.1 Å². The molecule has 4 aromatic rings. The van der Waals surface area contributed by atoms with Gasteiger partial charge in [0.25, 0.3) is 0 Å². The van der Waals surface area contributed by atoms with Crippen molar-refractivity contribution in [3.8, 4) is 11.3 Å². The molecule has 2 saturated heterocycles. The van der Waals surface area contributed by atoms with Gasteiger partial charge in [-0.05, 0) is 92.2 Å². The highest BCUT2D eigenvalue weighted by molar-refractivity contribution is 7.13. The van der Waals surface area contributed by atoms with Crippen LogP contribution in [0.4, 0.5) is 17.2 Å². The van der Waals surface area contributed by atoms with Gasteiger partial charge in [-0.15, -0.1) is 0 Å². The van der Waals surface area contributed by atoms with E-state index in [1.807, 2.05) is 12.1 Å². The smallest absolute Gasteiger partial charge is 0.151 e. The minimum Gasteiger partial charge on any atom is -0.366 e. The second-order valence-corrected chi connectivity index (χ2v) is 9.68. The van der Waals surface area contributed by atoms with Crippen LogP contribution in [0.2, 0.25) is 5.02 Å². The number of nitrogens with one attached hydrogen (secondary N) is 1. The van der Waals surface area contributed by atoms with E-state index in [2.05, 4.69) is 62.0 Å². The van der Waals surface area contributed by atoms with E-state index in [0.29, 0.717) is 5.02 Å². The number of hydrogen-bond donors (Lipinski definition) is 1. The zero-order chi connectivity index (χ0) is 20.8. The van der Waals surface area contributed by atoms with Gasteiger partial charge in [0.05, 0.1) is 15.4 Å². The Morgan fingerprint density at radius 3 is 2.55 bits per heavy atom. The highest BCUT2D eigenvalue weighted by Crippen LogP contribution is 2.40. The minimum atomic E-state index is 0.659. The summed E-state index contributed by atoms with van der Waals surface area (Å²) in [7, 11) is 0. The van der Waals surface area contributed by atoms with Gasteiger partial charge in [0, 0.05) is 40.6 Å². The maximum absolute atomic E-state index is 6.32. The molecular weight excluding hydrogens is 424 g/mol. The van der Waals surface area contributed by atoms with E-state index in [1.165, 1.54) is 49.3 Å². The van der Waals surface area contributed by atoms with Crippen LogP contribution in [-0.2, 0) is 0 Å². The summed E-state index contributed by atoms with van der Waals surface area (Å²) in [6.07, 6.45) is 8.53. The predicted octanol–water partition coefficient (Wildman–Crippen LogP) is 7.28. The molecule has 2 aliphatic rings. The molecule has 2 aromatic heterocycles. The van der Waals surface area contributed by atoms with Gasteiger partial charge in [-0.3, -0.25) is 4.98 Å². The third kappa shape index (κ3) is 3.46. The summed E-state index contributed by atoms with van der Waals surface area (Å²) in [5.41, 5.74) is 4.24. The fraction of sp³-hybridized carbons (Fsp3) is 0.280. The molecule has 0 amide bonds. The highest BCUT2D eigenvalue weighted by Gasteiger charge is 2.36. The molecule has 2 aromatic carbocycles. The highest BCUT2D eigenvalue weighted by atomic mass is 35.5. The van der Waals surface area contributed by atoms with Crippen LogP contribution in [0.25, 0.3) is 21.3 Å². The van der Waals surface area contributed by atoms with Gasteiger partial charge in [-0.2, -0.15) is 4.37 Å². The lowest BCUT2D eigenvalue weighted by Crippen LogP contribution is -2.39. The van der Waals surface area contributed by atoms with Crippen molar-refractivity contribution in [2.24, 2.45) is 0 Å². The molecule has 2 aliphatic heterocycles. The maximum Gasteiger partial charge on any atom is 0.151 e. The fourth-order valence-electron chi connectivity index (χ4n) is 5.17. The van der Waals surface area contributed by atoms with Gasteiger partial charge in [0.1, 0.15) is 0 Å². The van der Waals surface area contributed by atoms with Gasteiger partial charge in [0.15, 0.2) is 5.82 Å². The quantitative estimate of drug-likeness (QED) is 0.357. The van der Waals surface area contributed by atoms with Crippen LogP contribution in [0.15, 0.2) is 60.8 Å². The second kappa shape index (κ2) is 7.81. The molecule has 4 heterocycles. The monoisotopic (exact) mass is 446 g/mol. The number of hydrogen-bond acceptors (Lipinski definition) is 5. The first-order chi connectivity index (χ1) is 15.3. The molecule has 0 radical (unpaired) electrons. The van der Waals surface area contributed by atoms with Crippen LogP contribution < -0.4 is 10.2 Å². The average molecular weight is 447 g/mol. The van der Waals surface area contributed by atoms with Crippen LogP contribution >= 0.6 is 23.1 Å². The Balaban J connectivity index is 1.24. The number of pyridine rings is 1. The van der Waals surface area contributed by atoms with Gasteiger partial charge in [-0.1, -0.05) is 17.7 Å². The molecule has 1 N–H and O–H groups in total. The van der Waals surface area contributed by atoms with Crippen molar-refractivity contribution in [2.45, 2.75) is 44.2 Å². The molecule has 2 unspecified atom stereocenters. The summed E-state index contributed by atoms with van der Waals surface area (Å²) >= 11 is 7.81. The molecule has 2 atom stereocenters. The summed E-state index contributed by atoms with van der Waals surface area (Å²) in [6.45, 7) is 0. The number of fused-ring (bicyclic) bond motifs is 3. The minimum absolute atomic E-state index is 0.659. The second-order valence-electron chi connectivity index (χ2n) is 8.47. The molecule has 0 aliphatic carbocycles. The van der Waals surface area contributed by atoms with E-state index in [9.17, 15) is 0 Å². The molecule has 2 bridgehead atoms. The Labute approximate surface area is 191 Å². The Kier molecular flexibility index (Phi) is 4.81. The summed E-state index contributed by atoms with van der Waals surface area (Å²) in [4.78, 5) is 7.09. The van der Waals surface area contributed by atoms with Crippen molar-refractivity contribution in [1.82, 2.24) is 9.36 Å². The summed E-state index contributed by atoms with van der Waals surface area (Å²) in [5.74, 6) is 0.893. The first-order valence-electron chi connectivity index (χ1n) is 10.9. The van der Waals surface area contributed by atoms with Crippen molar-refractivity contribution < 1.29 is 0 Å². The SMILES string of the molecule is Clc1cccnc1-c1ccc2c(Nc3ccc(N4C5CCCC4CC5)cc3)nsc2c1. The summed E-state index contributed by atoms with van der Waals surface area (Å²) < 4.78 is 5.78. The lowest BCUT2D eigenvalue weighted by molar-refractivity contribution is 0.468. The number of halogens is 1. The fourth-order valence-corrected chi connectivity index (χ4v) is 6.17. The number of anilines is 3. The van der Waals surface area contributed by atoms with E-state index < -0.39 is 0 Å². The van der Waals surface area contributed by atoms with Gasteiger partial charge < -0.3 is 10.2 Å². The Morgan fingerprint density at radius 2 is 1.77 bits per heavy atom. The summed E-state index contributed by atoms with van der Waals surface area (Å²) in [5, 5.41) is 5.27. The molecule has 4 nitrogen and oxygen atoms in total. The van der Waals surface area contributed by atoms with E-state index in [1.54, 1.807) is 6.20 Å². The van der Waals surface area contributed by atoms with Gasteiger partial charge in [0.2, 0.25) is 0 Å². The molecule has 0 saturated carbocycles. The molecule has 2 fully saturated rings. The Hall–Kier alpha value is -2.63. The van der Waals surface area contributed by atoms with E-state index in [0.717, 1.165) is 44.9 Å². The summed E-state index contributed by atoms with van der Waals surface area (Å²) in [6, 6.07) is 20.3. The van der Waals surface area contributed by atoms with Crippen molar-refractivity contribution >= 4 is 50.4 Å². The standard InChI is InChI=1S/C25H23ClN4S/c26-22-5-2-14-27-24(22)16-6-13-21-23(15-16)31-29-25(21)28-17-7-9-20(10-8-17)30-18-3-1-4-19(30)12-11-18/h2,5-10,13-15,18-19H,1,3-4,11-12H2,(H,28,29). The lowest BCUT2D eigenvalue weighted by Gasteiger charge is -2.36. The molecule has 6 rings (SSSR count). The van der Waals surface area contributed by atoms with Gasteiger partial charge >= 0.3 is 0 Å². The zero-order valence-electron chi connectivity index (χ0n) is 17.1. The molecular formula is C25H23ClN4S. The van der Waals surface area contributed by atoms with E-state index >= 15 is 0 Å². The van der Waals surface area contributed by atoms with Gasteiger partial charge in [-0.25, -0.2) is 0 Å². The first-order valence-corrected chi connectivity index (χ1v) is 12.1. The maximum atomic E-state index is 6.32. The number of nitrogens with zero attached hydrogens (tertiary/aromatic N) is 3. The first kappa shape index (κ1) is 19.1. The van der Waals surface area contributed by atoms with Crippen molar-refractivity contribution in [3.63, 3.8) is 0 Å². The molecule has 31 heavy (non-hydrogen) atoms. The van der Waals surface area contributed by atoms with E-state index in [4.69, 9.17) is 11.6 Å². The van der Waals surface area contributed by atoms with Crippen molar-refractivity contribution in [1.29, 1.82) is 0 Å². The number of aromatic nitrogens is 2. The van der Waals surface area contributed by atoms with Crippen molar-refractivity contribution in [3.05, 3.63) is 65.8 Å². The van der Waals surface area contributed by atoms with Crippen molar-refractivity contribution in [2.75, 3.05) is 10.2 Å². The lowest BCUT2D eigenvalue weighted by atomic mass is 10.0. The third-order valence-corrected chi connectivity index (χ3v) is 7.74. The predicted molar refractivity (Wildman–Crippen MR) is 131 cm³/mol. The number of piperidine rings is 1. The van der Waals surface area contributed by atoms with Crippen LogP contribution in [0, 0.1) is 0 Å². The zero-order valence-corrected chi connectivity index (χ0v) is 18.7. The van der Waals surface area contributed by atoms with E-state index in [-0.39, 0.29) is 0 Å². The topological polar surface area (TPSA) is 41.1 Å².